The van der Waals surface area contributed by atoms with Crippen molar-refractivity contribution in [2.75, 3.05) is 12.9 Å². The molecule has 0 spiro atoms. The van der Waals surface area contributed by atoms with Crippen molar-refractivity contribution >= 4 is 22.8 Å². The van der Waals surface area contributed by atoms with Crippen LogP contribution < -0.4 is 0 Å². The van der Waals surface area contributed by atoms with E-state index in [0.29, 0.717) is 5.75 Å². The van der Waals surface area contributed by atoms with E-state index in [2.05, 4.69) is 9.72 Å². The average molecular weight is 299 g/mol. The third-order valence-electron chi connectivity index (χ3n) is 2.59. The molecule has 7 heteroatoms. The largest absolute Gasteiger partial charge is 0.465 e. The number of nitrogens with zero attached hydrogens (tertiary/aromatic N) is 1. The topological polar surface area (TPSA) is 96.7 Å². The fourth-order valence-electron chi connectivity index (χ4n) is 1.53. The highest BCUT2D eigenvalue weighted by molar-refractivity contribution is 8.13. The van der Waals surface area contributed by atoms with Crippen LogP contribution in [-0.4, -0.2) is 45.2 Å². The lowest BCUT2D eigenvalue weighted by Crippen LogP contribution is -2.20. The SMILES string of the molecule is COC(=O)c1ccnc(C(O)C(O)CCSC(C)=O)c1. The quantitative estimate of drug-likeness (QED) is 0.754. The third-order valence-corrected chi connectivity index (χ3v) is 3.43. The van der Waals surface area contributed by atoms with E-state index in [1.54, 1.807) is 0 Å². The monoisotopic (exact) mass is 299 g/mol. The minimum Gasteiger partial charge on any atom is -0.465 e. The number of pyridine rings is 1. The fourth-order valence-corrected chi connectivity index (χ4v) is 2.18. The van der Waals surface area contributed by atoms with Crippen molar-refractivity contribution in [3.8, 4) is 0 Å². The molecule has 0 fully saturated rings. The Kier molecular flexibility index (Phi) is 6.63. The van der Waals surface area contributed by atoms with Crippen molar-refractivity contribution in [1.82, 2.24) is 4.98 Å². The third kappa shape index (κ3) is 4.92. The lowest BCUT2D eigenvalue weighted by molar-refractivity contribution is -0.109. The Morgan fingerprint density at radius 3 is 2.75 bits per heavy atom. The summed E-state index contributed by atoms with van der Waals surface area (Å²) in [5.41, 5.74) is 0.440. The van der Waals surface area contributed by atoms with Gasteiger partial charge in [-0.2, -0.15) is 0 Å². The molecule has 0 aliphatic heterocycles. The normalized spacial score (nSPS) is 13.6. The Morgan fingerprint density at radius 1 is 1.45 bits per heavy atom. The summed E-state index contributed by atoms with van der Waals surface area (Å²) >= 11 is 1.08. The molecule has 0 radical (unpaired) electrons. The summed E-state index contributed by atoms with van der Waals surface area (Å²) in [6.45, 7) is 1.44. The van der Waals surface area contributed by atoms with E-state index in [-0.39, 0.29) is 22.8 Å². The lowest BCUT2D eigenvalue weighted by Gasteiger charge is -2.17. The first-order valence-electron chi connectivity index (χ1n) is 5.99. The standard InChI is InChI=1S/C13H17NO5S/c1-8(15)20-6-4-11(16)12(17)10-7-9(3-5-14-10)13(18)19-2/h3,5,7,11-12,16-17H,4,6H2,1-2H3. The molecular formula is C13H17NO5S. The van der Waals surface area contributed by atoms with Gasteiger partial charge in [-0.05, 0) is 18.6 Å². The molecule has 0 saturated carbocycles. The predicted octanol–water partition coefficient (Wildman–Crippen LogP) is 0.932. The van der Waals surface area contributed by atoms with Crippen molar-refractivity contribution in [3.05, 3.63) is 29.6 Å². The summed E-state index contributed by atoms with van der Waals surface area (Å²) in [7, 11) is 1.26. The number of aromatic nitrogens is 1. The van der Waals surface area contributed by atoms with E-state index < -0.39 is 18.2 Å². The maximum atomic E-state index is 11.4. The minimum atomic E-state index is -1.22. The first-order valence-corrected chi connectivity index (χ1v) is 6.98. The number of esters is 1. The van der Waals surface area contributed by atoms with Gasteiger partial charge in [0.05, 0.1) is 24.5 Å². The molecule has 6 nitrogen and oxygen atoms in total. The predicted molar refractivity (Wildman–Crippen MR) is 74.3 cm³/mol. The molecule has 0 amide bonds. The van der Waals surface area contributed by atoms with Crippen LogP contribution in [0, 0.1) is 0 Å². The van der Waals surface area contributed by atoms with E-state index in [1.807, 2.05) is 0 Å². The Labute approximate surface area is 121 Å². The van der Waals surface area contributed by atoms with E-state index in [0.717, 1.165) is 11.8 Å². The van der Waals surface area contributed by atoms with Gasteiger partial charge in [0.2, 0.25) is 0 Å². The molecule has 1 heterocycles. The van der Waals surface area contributed by atoms with Gasteiger partial charge in [-0.3, -0.25) is 9.78 Å². The van der Waals surface area contributed by atoms with Gasteiger partial charge in [0.1, 0.15) is 6.10 Å². The molecule has 0 bridgehead atoms. The van der Waals surface area contributed by atoms with Gasteiger partial charge >= 0.3 is 5.97 Å². The van der Waals surface area contributed by atoms with Gasteiger partial charge in [0.15, 0.2) is 5.12 Å². The van der Waals surface area contributed by atoms with Gasteiger partial charge in [0, 0.05) is 18.9 Å². The molecule has 0 aromatic carbocycles. The van der Waals surface area contributed by atoms with Crippen LogP contribution in [0.5, 0.6) is 0 Å². The average Bonchev–Trinajstić information content (AvgIpc) is 2.45. The number of hydrogen-bond donors (Lipinski definition) is 2. The number of thioether (sulfide) groups is 1. The van der Waals surface area contributed by atoms with E-state index >= 15 is 0 Å². The van der Waals surface area contributed by atoms with Gasteiger partial charge in [0.25, 0.3) is 0 Å². The molecule has 0 aliphatic rings. The number of rotatable bonds is 6. The van der Waals surface area contributed by atoms with Crippen LogP contribution in [0.25, 0.3) is 0 Å². The van der Waals surface area contributed by atoms with Crippen LogP contribution in [0.1, 0.15) is 35.5 Å². The number of aliphatic hydroxyl groups excluding tert-OH is 2. The van der Waals surface area contributed by atoms with Gasteiger partial charge in [-0.25, -0.2) is 4.79 Å². The Balaban J connectivity index is 2.68. The summed E-state index contributed by atoms with van der Waals surface area (Å²) in [5, 5.41) is 19.8. The molecule has 1 aromatic heterocycles. The molecule has 2 unspecified atom stereocenters. The smallest absolute Gasteiger partial charge is 0.337 e. The second-order valence-electron chi connectivity index (χ2n) is 4.10. The highest BCUT2D eigenvalue weighted by Crippen LogP contribution is 2.20. The fraction of sp³-hybridized carbons (Fsp3) is 0.462. The zero-order chi connectivity index (χ0) is 15.1. The molecule has 2 N–H and O–H groups in total. The molecule has 110 valence electrons. The van der Waals surface area contributed by atoms with Crippen LogP contribution >= 0.6 is 11.8 Å². The zero-order valence-electron chi connectivity index (χ0n) is 11.3. The number of carbonyl (C=O) groups is 2. The minimum absolute atomic E-state index is 0.0440. The van der Waals surface area contributed by atoms with Crippen molar-refractivity contribution in [2.24, 2.45) is 0 Å². The molecular weight excluding hydrogens is 282 g/mol. The second kappa shape index (κ2) is 7.98. The first-order chi connectivity index (χ1) is 9.45. The van der Waals surface area contributed by atoms with Crippen LogP contribution in [0.2, 0.25) is 0 Å². The Hall–Kier alpha value is -1.44. The van der Waals surface area contributed by atoms with Crippen LogP contribution in [-0.2, 0) is 9.53 Å². The first kappa shape index (κ1) is 16.6. The molecule has 2 atom stereocenters. The molecule has 0 saturated heterocycles. The van der Waals surface area contributed by atoms with E-state index in [9.17, 15) is 19.8 Å². The van der Waals surface area contributed by atoms with Gasteiger partial charge < -0.3 is 14.9 Å². The summed E-state index contributed by atoms with van der Waals surface area (Å²) in [4.78, 5) is 26.1. The lowest BCUT2D eigenvalue weighted by atomic mass is 10.1. The number of methoxy groups -OCH3 is 1. The van der Waals surface area contributed by atoms with Gasteiger partial charge in [-0.1, -0.05) is 11.8 Å². The van der Waals surface area contributed by atoms with E-state index in [1.165, 1.54) is 32.4 Å². The number of ether oxygens (including phenoxy) is 1. The maximum absolute atomic E-state index is 11.4. The Bertz CT molecular complexity index is 480. The second-order valence-corrected chi connectivity index (χ2v) is 5.37. The zero-order valence-corrected chi connectivity index (χ0v) is 12.1. The Morgan fingerprint density at radius 2 is 2.15 bits per heavy atom. The van der Waals surface area contributed by atoms with Crippen molar-refractivity contribution < 1.29 is 24.5 Å². The van der Waals surface area contributed by atoms with Crippen molar-refractivity contribution in [2.45, 2.75) is 25.6 Å². The summed E-state index contributed by atoms with van der Waals surface area (Å²) < 4.78 is 4.57. The number of hydrogen-bond acceptors (Lipinski definition) is 7. The molecule has 1 aromatic rings. The maximum Gasteiger partial charge on any atom is 0.337 e. The van der Waals surface area contributed by atoms with Crippen molar-refractivity contribution in [1.29, 1.82) is 0 Å². The van der Waals surface area contributed by atoms with Crippen LogP contribution in [0.4, 0.5) is 0 Å². The highest BCUT2D eigenvalue weighted by Gasteiger charge is 2.21. The highest BCUT2D eigenvalue weighted by atomic mass is 32.2. The van der Waals surface area contributed by atoms with Gasteiger partial charge in [-0.15, -0.1) is 0 Å². The summed E-state index contributed by atoms with van der Waals surface area (Å²) in [6.07, 6.45) is -0.661. The number of carbonyl (C=O) groups excluding carboxylic acids is 2. The van der Waals surface area contributed by atoms with Crippen LogP contribution in [0.3, 0.4) is 0 Å². The van der Waals surface area contributed by atoms with Crippen LogP contribution in [0.15, 0.2) is 18.3 Å². The molecule has 0 aliphatic carbocycles. The molecule has 1 rings (SSSR count). The van der Waals surface area contributed by atoms with Crippen molar-refractivity contribution in [3.63, 3.8) is 0 Å². The number of aliphatic hydroxyl groups is 2. The molecule has 20 heavy (non-hydrogen) atoms. The summed E-state index contributed by atoms with van der Waals surface area (Å²) in [6, 6.07) is 2.83. The van der Waals surface area contributed by atoms with E-state index in [4.69, 9.17) is 0 Å². The summed E-state index contributed by atoms with van der Waals surface area (Å²) in [5.74, 6) is -0.132.